The molecule has 2 atom stereocenters. The molecule has 1 aliphatic heterocycles. The van der Waals surface area contributed by atoms with Crippen LogP contribution in [-0.4, -0.2) is 36.3 Å². The molecule has 188 valence electrons. The SMILES string of the molecule is C#CC(=O)N1[C@@H](CCCC)Cc2c([nH]c3ccc(F)cc23)[C@@H]1c1ccc(S(=O)(=O)NC2CCC2)cc1. The average Bonchev–Trinajstić information content (AvgIpc) is 3.21. The molecule has 1 aromatic heterocycles. The number of terminal acetylenes is 1. The maximum absolute atomic E-state index is 14.2. The summed E-state index contributed by atoms with van der Waals surface area (Å²) in [7, 11) is -3.62. The zero-order valence-corrected chi connectivity index (χ0v) is 21.1. The van der Waals surface area contributed by atoms with Gasteiger partial charge in [0, 0.05) is 28.7 Å². The van der Waals surface area contributed by atoms with Crippen molar-refractivity contribution in [2.75, 3.05) is 0 Å². The predicted octanol–water partition coefficient (Wildman–Crippen LogP) is 4.80. The van der Waals surface area contributed by atoms with Gasteiger partial charge in [-0.25, -0.2) is 17.5 Å². The number of unbranched alkanes of at least 4 members (excludes halogenated alkanes) is 1. The molecule has 0 bridgehead atoms. The summed E-state index contributed by atoms with van der Waals surface area (Å²) < 4.78 is 42.6. The highest BCUT2D eigenvalue weighted by Gasteiger charge is 2.40. The third kappa shape index (κ3) is 4.42. The third-order valence-electron chi connectivity index (χ3n) is 7.47. The van der Waals surface area contributed by atoms with Gasteiger partial charge in [-0.2, -0.15) is 0 Å². The van der Waals surface area contributed by atoms with Gasteiger partial charge in [0.1, 0.15) is 5.82 Å². The van der Waals surface area contributed by atoms with Gasteiger partial charge in [0.05, 0.1) is 10.9 Å². The van der Waals surface area contributed by atoms with E-state index in [9.17, 15) is 17.6 Å². The summed E-state index contributed by atoms with van der Waals surface area (Å²) in [6, 6.07) is 10.6. The number of halogens is 1. The van der Waals surface area contributed by atoms with Crippen molar-refractivity contribution < 1.29 is 17.6 Å². The van der Waals surface area contributed by atoms with E-state index >= 15 is 0 Å². The molecule has 2 N–H and O–H groups in total. The first-order valence-corrected chi connectivity index (χ1v) is 14.0. The van der Waals surface area contributed by atoms with Crippen LogP contribution >= 0.6 is 0 Å². The number of carbonyl (C=O) groups is 1. The van der Waals surface area contributed by atoms with Crippen LogP contribution in [0.3, 0.4) is 0 Å². The Kier molecular flexibility index (Phi) is 6.62. The predicted molar refractivity (Wildman–Crippen MR) is 137 cm³/mol. The van der Waals surface area contributed by atoms with E-state index in [1.54, 1.807) is 35.2 Å². The normalized spacial score (nSPS) is 20.1. The van der Waals surface area contributed by atoms with Crippen LogP contribution in [0.2, 0.25) is 0 Å². The molecule has 1 amide bonds. The first kappa shape index (κ1) is 24.5. The van der Waals surface area contributed by atoms with Gasteiger partial charge in [-0.3, -0.25) is 4.79 Å². The molecule has 8 heteroatoms. The lowest BCUT2D eigenvalue weighted by Gasteiger charge is -2.41. The van der Waals surface area contributed by atoms with E-state index in [0.717, 1.165) is 66.2 Å². The molecule has 1 fully saturated rings. The van der Waals surface area contributed by atoms with Gasteiger partial charge in [-0.05, 0) is 73.1 Å². The molecule has 0 radical (unpaired) electrons. The van der Waals surface area contributed by atoms with Gasteiger partial charge in [0.15, 0.2) is 0 Å². The van der Waals surface area contributed by atoms with Gasteiger partial charge >= 0.3 is 0 Å². The van der Waals surface area contributed by atoms with Crippen LogP contribution in [0.4, 0.5) is 4.39 Å². The largest absolute Gasteiger partial charge is 0.356 e. The van der Waals surface area contributed by atoms with Gasteiger partial charge in [-0.15, -0.1) is 6.42 Å². The summed E-state index contributed by atoms with van der Waals surface area (Å²) in [6.45, 7) is 2.09. The number of H-pyrrole nitrogens is 1. The van der Waals surface area contributed by atoms with Crippen molar-refractivity contribution in [1.29, 1.82) is 0 Å². The molecular formula is C28H30FN3O3S. The van der Waals surface area contributed by atoms with Gasteiger partial charge in [0.25, 0.3) is 5.91 Å². The van der Waals surface area contributed by atoms with Crippen LogP contribution in [0.15, 0.2) is 47.4 Å². The number of hydrogen-bond donors (Lipinski definition) is 2. The van der Waals surface area contributed by atoms with Crippen molar-refractivity contribution >= 4 is 26.8 Å². The summed E-state index contributed by atoms with van der Waals surface area (Å²) in [5, 5.41) is 0.799. The van der Waals surface area contributed by atoms with Crippen molar-refractivity contribution in [1.82, 2.24) is 14.6 Å². The number of sulfonamides is 1. The summed E-state index contributed by atoms with van der Waals surface area (Å²) in [5.74, 6) is 1.56. The van der Waals surface area contributed by atoms with Crippen LogP contribution in [0.1, 0.15) is 68.3 Å². The number of aromatic amines is 1. The van der Waals surface area contributed by atoms with Gasteiger partial charge in [0.2, 0.25) is 10.0 Å². The molecule has 36 heavy (non-hydrogen) atoms. The maximum Gasteiger partial charge on any atom is 0.299 e. The Bertz CT molecular complexity index is 1440. The average molecular weight is 508 g/mol. The lowest BCUT2D eigenvalue weighted by Crippen LogP contribution is -2.47. The zero-order chi connectivity index (χ0) is 25.4. The second-order valence-corrected chi connectivity index (χ2v) is 11.5. The Balaban J connectivity index is 1.60. The Morgan fingerprint density at radius 2 is 1.97 bits per heavy atom. The third-order valence-corrected chi connectivity index (χ3v) is 9.00. The molecule has 1 aliphatic carbocycles. The highest BCUT2D eigenvalue weighted by Crippen LogP contribution is 2.42. The smallest absolute Gasteiger partial charge is 0.299 e. The summed E-state index contributed by atoms with van der Waals surface area (Å²) in [6.07, 6.45) is 11.6. The Labute approximate surface area is 211 Å². The monoisotopic (exact) mass is 507 g/mol. The van der Waals surface area contributed by atoms with Crippen molar-refractivity contribution in [3.05, 3.63) is 65.1 Å². The fraction of sp³-hybridized carbons (Fsp3) is 0.393. The van der Waals surface area contributed by atoms with Crippen LogP contribution in [0.25, 0.3) is 10.9 Å². The number of nitrogens with zero attached hydrogens (tertiary/aromatic N) is 1. The molecule has 6 nitrogen and oxygen atoms in total. The topological polar surface area (TPSA) is 82.3 Å². The van der Waals surface area contributed by atoms with E-state index in [-0.39, 0.29) is 22.8 Å². The molecule has 2 heterocycles. The number of nitrogens with one attached hydrogen (secondary N) is 2. The number of hydrogen-bond acceptors (Lipinski definition) is 3. The van der Waals surface area contributed by atoms with E-state index < -0.39 is 22.0 Å². The fourth-order valence-electron chi connectivity index (χ4n) is 5.39. The summed E-state index contributed by atoms with van der Waals surface area (Å²) in [5.41, 5.74) is 3.30. The molecule has 5 rings (SSSR count). The lowest BCUT2D eigenvalue weighted by atomic mass is 9.86. The first-order chi connectivity index (χ1) is 17.3. The highest BCUT2D eigenvalue weighted by molar-refractivity contribution is 7.89. The van der Waals surface area contributed by atoms with Crippen molar-refractivity contribution in [2.45, 2.75) is 74.9 Å². The number of aromatic nitrogens is 1. The van der Waals surface area contributed by atoms with Crippen molar-refractivity contribution in [3.63, 3.8) is 0 Å². The summed E-state index contributed by atoms with van der Waals surface area (Å²) in [4.78, 5) is 18.4. The Morgan fingerprint density at radius 1 is 1.22 bits per heavy atom. The number of fused-ring (bicyclic) bond motifs is 3. The number of carbonyl (C=O) groups excluding carboxylic acids is 1. The highest BCUT2D eigenvalue weighted by atomic mass is 32.2. The molecule has 0 spiro atoms. The Morgan fingerprint density at radius 3 is 2.61 bits per heavy atom. The molecule has 3 aromatic rings. The minimum atomic E-state index is -3.62. The second kappa shape index (κ2) is 9.72. The number of benzene rings is 2. The maximum atomic E-state index is 14.2. The number of rotatable bonds is 7. The van der Waals surface area contributed by atoms with Crippen molar-refractivity contribution in [2.24, 2.45) is 0 Å². The quantitative estimate of drug-likeness (QED) is 0.451. The fourth-order valence-corrected chi connectivity index (χ4v) is 6.69. The molecule has 0 unspecified atom stereocenters. The van der Waals surface area contributed by atoms with E-state index in [0.29, 0.717) is 6.42 Å². The minimum Gasteiger partial charge on any atom is -0.356 e. The van der Waals surface area contributed by atoms with Gasteiger partial charge in [-0.1, -0.05) is 38.3 Å². The Hall–Kier alpha value is -3.15. The van der Waals surface area contributed by atoms with Crippen LogP contribution in [-0.2, 0) is 21.2 Å². The van der Waals surface area contributed by atoms with E-state index in [1.807, 2.05) is 0 Å². The van der Waals surface area contributed by atoms with Crippen LogP contribution in [0.5, 0.6) is 0 Å². The van der Waals surface area contributed by atoms with Gasteiger partial charge < -0.3 is 9.88 Å². The summed E-state index contributed by atoms with van der Waals surface area (Å²) >= 11 is 0. The van der Waals surface area contributed by atoms with Crippen LogP contribution in [0, 0.1) is 18.2 Å². The second-order valence-electron chi connectivity index (χ2n) is 9.78. The van der Waals surface area contributed by atoms with E-state index in [1.165, 1.54) is 12.1 Å². The van der Waals surface area contributed by atoms with E-state index in [4.69, 9.17) is 6.42 Å². The molecule has 1 saturated carbocycles. The number of amides is 1. The molecule has 0 saturated heterocycles. The zero-order valence-electron chi connectivity index (χ0n) is 20.3. The first-order valence-electron chi connectivity index (χ1n) is 12.5. The van der Waals surface area contributed by atoms with Crippen LogP contribution < -0.4 is 4.72 Å². The molecule has 2 aliphatic rings. The lowest BCUT2D eigenvalue weighted by molar-refractivity contribution is -0.130. The minimum absolute atomic E-state index is 0.00890. The standard InChI is InChI=1S/C28H30FN3O3S/c1-3-5-9-21-17-24-23-16-19(29)12-15-25(23)30-27(24)28(32(21)26(33)4-2)18-10-13-22(14-11-18)36(34,35)31-20-7-6-8-20/h2,10-16,20-21,28,30-31H,3,5-9,17H2,1H3/t21-,28-/m0/s1. The van der Waals surface area contributed by atoms with Crippen molar-refractivity contribution in [3.8, 4) is 12.3 Å². The van der Waals surface area contributed by atoms with E-state index in [2.05, 4.69) is 22.6 Å². The molecular weight excluding hydrogens is 477 g/mol. The molecule has 2 aromatic carbocycles.